The molecule has 0 unspecified atom stereocenters. The normalized spacial score (nSPS) is 11.4. The predicted octanol–water partition coefficient (Wildman–Crippen LogP) is 3.83. The van der Waals surface area contributed by atoms with Crippen molar-refractivity contribution in [2.45, 2.75) is 12.5 Å². The lowest BCUT2D eigenvalue weighted by atomic mass is 9.98. The Bertz CT molecular complexity index is 990. The molecule has 30 heavy (non-hydrogen) atoms. The van der Waals surface area contributed by atoms with Crippen LogP contribution in [0.5, 0.6) is 5.75 Å². The molecule has 5 nitrogen and oxygen atoms in total. The van der Waals surface area contributed by atoms with Crippen LogP contribution in [0.2, 0.25) is 0 Å². The van der Waals surface area contributed by atoms with E-state index in [0.717, 1.165) is 11.1 Å². The maximum atomic E-state index is 13.7. The monoisotopic (exact) mass is 407 g/mol. The molecular formula is C24H22FNO4. The smallest absolute Gasteiger partial charge is 0.310 e. The van der Waals surface area contributed by atoms with Crippen molar-refractivity contribution < 1.29 is 23.5 Å². The number of halogens is 1. The van der Waals surface area contributed by atoms with Crippen LogP contribution in [0, 0.1) is 5.82 Å². The number of hydrogen-bond donors (Lipinski definition) is 1. The first-order valence-electron chi connectivity index (χ1n) is 9.44. The van der Waals surface area contributed by atoms with Crippen molar-refractivity contribution in [1.29, 1.82) is 0 Å². The van der Waals surface area contributed by atoms with Crippen molar-refractivity contribution in [1.82, 2.24) is 5.32 Å². The average Bonchev–Trinajstić information content (AvgIpc) is 2.78. The second kappa shape index (κ2) is 10.2. The number of nitrogens with one attached hydrogen (secondary N) is 1. The third kappa shape index (κ3) is 5.67. The lowest BCUT2D eigenvalue weighted by Crippen LogP contribution is -2.33. The summed E-state index contributed by atoms with van der Waals surface area (Å²) in [5.74, 6) is -0.904. The summed E-state index contributed by atoms with van der Waals surface area (Å²) in [5.41, 5.74) is 1.96. The predicted molar refractivity (Wildman–Crippen MR) is 110 cm³/mol. The number of amides is 1. The number of ether oxygens (including phenoxy) is 2. The molecule has 1 atom stereocenters. The molecule has 0 aliphatic rings. The zero-order valence-electron chi connectivity index (χ0n) is 16.5. The summed E-state index contributed by atoms with van der Waals surface area (Å²) in [5, 5.41) is 2.89. The zero-order chi connectivity index (χ0) is 21.3. The van der Waals surface area contributed by atoms with Gasteiger partial charge in [0.25, 0.3) is 5.91 Å². The van der Waals surface area contributed by atoms with Gasteiger partial charge in [-0.1, -0.05) is 60.7 Å². The molecule has 0 bridgehead atoms. The maximum absolute atomic E-state index is 13.7. The van der Waals surface area contributed by atoms with Crippen LogP contribution in [0.4, 0.5) is 4.39 Å². The molecule has 1 N–H and O–H groups in total. The van der Waals surface area contributed by atoms with Gasteiger partial charge in [-0.2, -0.15) is 0 Å². The topological polar surface area (TPSA) is 64.6 Å². The average molecular weight is 407 g/mol. The maximum Gasteiger partial charge on any atom is 0.310 e. The highest BCUT2D eigenvalue weighted by atomic mass is 19.1. The Labute approximate surface area is 174 Å². The lowest BCUT2D eigenvalue weighted by molar-refractivity contribution is -0.148. The number of esters is 1. The molecule has 0 saturated carbocycles. The van der Waals surface area contributed by atoms with Crippen LogP contribution in [0.25, 0.3) is 0 Å². The van der Waals surface area contributed by atoms with Gasteiger partial charge < -0.3 is 14.8 Å². The van der Waals surface area contributed by atoms with E-state index in [0.29, 0.717) is 5.75 Å². The van der Waals surface area contributed by atoms with Crippen LogP contribution in [0.15, 0.2) is 78.9 Å². The highest BCUT2D eigenvalue weighted by Gasteiger charge is 2.18. The fourth-order valence-electron chi connectivity index (χ4n) is 3.00. The number of methoxy groups -OCH3 is 1. The summed E-state index contributed by atoms with van der Waals surface area (Å²) in [6, 6.07) is 22.3. The molecule has 0 saturated heterocycles. The first-order chi connectivity index (χ1) is 14.6. The summed E-state index contributed by atoms with van der Waals surface area (Å²) in [4.78, 5) is 24.4. The van der Waals surface area contributed by atoms with E-state index in [1.165, 1.54) is 12.1 Å². The molecule has 1 amide bonds. The second-order valence-corrected chi connectivity index (χ2v) is 6.61. The van der Waals surface area contributed by atoms with Crippen molar-refractivity contribution in [2.24, 2.45) is 0 Å². The molecule has 0 aromatic heterocycles. The zero-order valence-corrected chi connectivity index (χ0v) is 16.5. The molecule has 154 valence electrons. The number of rotatable bonds is 8. The third-order valence-corrected chi connectivity index (χ3v) is 4.54. The Morgan fingerprint density at radius 1 is 0.900 bits per heavy atom. The molecule has 3 rings (SSSR count). The summed E-state index contributed by atoms with van der Waals surface area (Å²) in [6.07, 6.45) is -0.236. The van der Waals surface area contributed by atoms with Crippen molar-refractivity contribution in [3.63, 3.8) is 0 Å². The molecule has 6 heteroatoms. The van der Waals surface area contributed by atoms with Crippen molar-refractivity contribution in [3.05, 3.63) is 101 Å². The Hall–Kier alpha value is -3.67. The van der Waals surface area contributed by atoms with Gasteiger partial charge in [-0.05, 0) is 34.9 Å². The molecule has 0 heterocycles. The number of benzene rings is 3. The van der Waals surface area contributed by atoms with E-state index >= 15 is 0 Å². The van der Waals surface area contributed by atoms with E-state index in [1.54, 1.807) is 19.2 Å². The molecule has 3 aromatic carbocycles. The van der Waals surface area contributed by atoms with Crippen LogP contribution < -0.4 is 10.1 Å². The van der Waals surface area contributed by atoms with Gasteiger partial charge in [-0.25, -0.2) is 4.39 Å². The summed E-state index contributed by atoms with van der Waals surface area (Å²) < 4.78 is 23.9. The van der Waals surface area contributed by atoms with Crippen molar-refractivity contribution >= 4 is 11.9 Å². The minimum Gasteiger partial charge on any atom is -0.497 e. The second-order valence-electron chi connectivity index (χ2n) is 6.61. The first-order valence-corrected chi connectivity index (χ1v) is 9.44. The van der Waals surface area contributed by atoms with Gasteiger partial charge in [-0.3, -0.25) is 9.59 Å². The Morgan fingerprint density at radius 3 is 2.20 bits per heavy atom. The summed E-state index contributed by atoms with van der Waals surface area (Å²) in [7, 11) is 1.58. The molecule has 0 fully saturated rings. The quantitative estimate of drug-likeness (QED) is 0.577. The van der Waals surface area contributed by atoms with E-state index in [9.17, 15) is 14.0 Å². The summed E-state index contributed by atoms with van der Waals surface area (Å²) in [6.45, 7) is -0.452. The van der Waals surface area contributed by atoms with Crippen molar-refractivity contribution in [2.75, 3.05) is 13.7 Å². The van der Waals surface area contributed by atoms with E-state index in [4.69, 9.17) is 9.47 Å². The van der Waals surface area contributed by atoms with Crippen molar-refractivity contribution in [3.8, 4) is 5.75 Å². The lowest BCUT2D eigenvalue weighted by Gasteiger charge is -2.20. The van der Waals surface area contributed by atoms with Gasteiger partial charge in [0.15, 0.2) is 6.61 Å². The highest BCUT2D eigenvalue weighted by Crippen LogP contribution is 2.24. The first kappa shape index (κ1) is 21.0. The standard InChI is InChI=1S/C24H22FNO4/c1-29-20-13-11-18(12-14-20)24(17-7-3-2-4-8-17)26-22(27)16-30-23(28)15-19-9-5-6-10-21(19)25/h2-14,24H,15-16H2,1H3,(H,26,27)/t24-/m1/s1. The fourth-order valence-corrected chi connectivity index (χ4v) is 3.00. The van der Waals surface area contributed by atoms with Crippen LogP contribution in [-0.2, 0) is 20.7 Å². The van der Waals surface area contributed by atoms with Gasteiger partial charge in [-0.15, -0.1) is 0 Å². The largest absolute Gasteiger partial charge is 0.497 e. The number of carbonyl (C=O) groups is 2. The number of carbonyl (C=O) groups excluding carboxylic acids is 2. The Kier molecular flexibility index (Phi) is 7.16. The SMILES string of the molecule is COc1ccc([C@H](NC(=O)COC(=O)Cc2ccccc2F)c2ccccc2)cc1. The van der Waals surface area contributed by atoms with E-state index in [-0.39, 0.29) is 12.0 Å². The third-order valence-electron chi connectivity index (χ3n) is 4.54. The van der Waals surface area contributed by atoms with Gasteiger partial charge in [0.2, 0.25) is 0 Å². The minimum atomic E-state index is -0.670. The van der Waals surface area contributed by atoms with Gasteiger partial charge >= 0.3 is 5.97 Å². The Balaban J connectivity index is 1.64. The molecular weight excluding hydrogens is 385 g/mol. The van der Waals surface area contributed by atoms with Crippen LogP contribution in [-0.4, -0.2) is 25.6 Å². The van der Waals surface area contributed by atoms with Gasteiger partial charge in [0.05, 0.1) is 19.6 Å². The highest BCUT2D eigenvalue weighted by molar-refractivity contribution is 5.82. The Morgan fingerprint density at radius 2 is 1.53 bits per heavy atom. The minimum absolute atomic E-state index is 0.225. The van der Waals surface area contributed by atoms with Crippen LogP contribution in [0.3, 0.4) is 0 Å². The van der Waals surface area contributed by atoms with E-state index in [1.807, 2.05) is 54.6 Å². The molecule has 0 aliphatic carbocycles. The van der Waals surface area contributed by atoms with E-state index in [2.05, 4.69) is 5.32 Å². The molecule has 3 aromatic rings. The molecule has 0 radical (unpaired) electrons. The van der Waals surface area contributed by atoms with Gasteiger partial charge in [0.1, 0.15) is 11.6 Å². The molecule has 0 spiro atoms. The van der Waals surface area contributed by atoms with Crippen LogP contribution >= 0.6 is 0 Å². The summed E-state index contributed by atoms with van der Waals surface area (Å²) >= 11 is 0. The number of hydrogen-bond acceptors (Lipinski definition) is 4. The van der Waals surface area contributed by atoms with Gasteiger partial charge in [0, 0.05) is 0 Å². The fraction of sp³-hybridized carbons (Fsp3) is 0.167. The van der Waals surface area contributed by atoms with Crippen LogP contribution in [0.1, 0.15) is 22.7 Å². The van der Waals surface area contributed by atoms with E-state index < -0.39 is 30.3 Å². The molecule has 0 aliphatic heterocycles.